The molecule has 0 radical (unpaired) electrons. The first-order valence-corrected chi connectivity index (χ1v) is 11.5. The summed E-state index contributed by atoms with van der Waals surface area (Å²) in [6.45, 7) is 9.01. The largest absolute Gasteiger partial charge is 0.561 e. The second-order valence-electron chi connectivity index (χ2n) is 7.36. The van der Waals surface area contributed by atoms with Crippen LogP contribution in [0.25, 0.3) is 0 Å². The summed E-state index contributed by atoms with van der Waals surface area (Å²) >= 11 is 6.09. The molecule has 0 aromatic heterocycles. The predicted octanol–water partition coefficient (Wildman–Crippen LogP) is 5.61. The van der Waals surface area contributed by atoms with Crippen molar-refractivity contribution in [3.8, 4) is 5.75 Å². The van der Waals surface area contributed by atoms with E-state index in [1.165, 1.54) is 0 Å². The first-order valence-electron chi connectivity index (χ1n) is 8.44. The zero-order valence-corrected chi connectivity index (χ0v) is 18.5. The van der Waals surface area contributed by atoms with Crippen molar-refractivity contribution in [2.24, 2.45) is 0 Å². The van der Waals surface area contributed by atoms with Gasteiger partial charge in [-0.15, -0.1) is 0 Å². The molecule has 1 N–H and O–H groups in total. The Morgan fingerprint density at radius 1 is 1.11 bits per heavy atom. The van der Waals surface area contributed by atoms with Crippen LogP contribution in [-0.4, -0.2) is 13.6 Å². The van der Waals surface area contributed by atoms with Crippen molar-refractivity contribution in [3.05, 3.63) is 58.6 Å². The van der Waals surface area contributed by atoms with E-state index in [4.69, 9.17) is 16.1 Å². The summed E-state index contributed by atoms with van der Waals surface area (Å²) in [6, 6.07) is 10.8. The molecule has 0 bridgehead atoms. The number of sulfonamides is 1. The van der Waals surface area contributed by atoms with Crippen molar-refractivity contribution >= 4 is 29.7 Å². The highest BCUT2D eigenvalue weighted by Gasteiger charge is 2.39. The van der Waals surface area contributed by atoms with Crippen LogP contribution in [0, 0.1) is 6.92 Å². The van der Waals surface area contributed by atoms with Gasteiger partial charge in [0.1, 0.15) is 0 Å². The van der Waals surface area contributed by atoms with Crippen molar-refractivity contribution in [3.63, 3.8) is 0 Å². The van der Waals surface area contributed by atoms with E-state index in [9.17, 15) is 13.0 Å². The normalized spacial score (nSPS) is 13.9. The van der Waals surface area contributed by atoms with Gasteiger partial charge in [0.2, 0.25) is 10.0 Å². The van der Waals surface area contributed by atoms with E-state index in [2.05, 4.69) is 4.72 Å². The molecule has 2 atom stereocenters. The van der Waals surface area contributed by atoms with E-state index in [1.54, 1.807) is 49.4 Å². The Hall–Kier alpha value is -1.46. The molecule has 0 spiro atoms. The van der Waals surface area contributed by atoms with Gasteiger partial charge in [0.15, 0.2) is 10.9 Å². The Kier molecular flexibility index (Phi) is 6.69. The highest BCUT2D eigenvalue weighted by atomic mass is 35.5. The Morgan fingerprint density at radius 2 is 1.70 bits per heavy atom. The summed E-state index contributed by atoms with van der Waals surface area (Å²) in [6.07, 6.45) is 0. The van der Waals surface area contributed by atoms with Crippen molar-refractivity contribution in [2.75, 3.05) is 0 Å². The van der Waals surface area contributed by atoms with Gasteiger partial charge in [-0.25, -0.2) is 13.1 Å². The minimum absolute atomic E-state index is 0.171. The van der Waals surface area contributed by atoms with Gasteiger partial charge in [-0.1, -0.05) is 29.3 Å². The van der Waals surface area contributed by atoms with Gasteiger partial charge in [-0.3, -0.25) is 4.52 Å². The number of aryl methyl sites for hydroxylation is 1. The zero-order chi connectivity index (χ0) is 20.4. The number of benzene rings is 2. The number of hydrogen-bond donors (Lipinski definition) is 1. The Morgan fingerprint density at radius 3 is 2.26 bits per heavy atom. The summed E-state index contributed by atoms with van der Waals surface area (Å²) in [4.78, 5) is 0.171. The molecule has 27 heavy (non-hydrogen) atoms. The van der Waals surface area contributed by atoms with Gasteiger partial charge in [0, 0.05) is 16.6 Å². The third kappa shape index (κ3) is 5.76. The molecule has 0 heterocycles. The van der Waals surface area contributed by atoms with Crippen LogP contribution in [0.15, 0.2) is 47.4 Å². The summed E-state index contributed by atoms with van der Waals surface area (Å²) < 4.78 is 46.0. The fourth-order valence-corrected chi connectivity index (χ4v) is 4.27. The molecule has 2 rings (SSSR count). The van der Waals surface area contributed by atoms with Crippen LogP contribution >= 0.6 is 19.6 Å². The van der Waals surface area contributed by atoms with Gasteiger partial charge in [0.25, 0.3) is 0 Å². The number of halogens is 1. The fraction of sp³-hybridized carbons (Fsp3) is 0.368. The molecule has 0 aliphatic rings. The molecule has 1 unspecified atom stereocenters. The van der Waals surface area contributed by atoms with Gasteiger partial charge in [0.05, 0.1) is 4.90 Å². The molecular formula is C19H24ClNO4PS+. The average Bonchev–Trinajstić information content (AvgIpc) is 2.55. The maximum absolute atomic E-state index is 12.7. The molecule has 0 amide bonds. The Balaban J connectivity index is 2.32. The van der Waals surface area contributed by atoms with Crippen LogP contribution in [0.4, 0.5) is 0 Å². The van der Waals surface area contributed by atoms with Crippen molar-refractivity contribution in [2.45, 2.75) is 50.7 Å². The van der Waals surface area contributed by atoms with Gasteiger partial charge in [-0.05, 0) is 69.5 Å². The predicted molar refractivity (Wildman–Crippen MR) is 109 cm³/mol. The lowest BCUT2D eigenvalue weighted by molar-refractivity contribution is 0.470. The standard InChI is InChI=1S/C19H24ClNO4PS/c1-13-6-9-16(10-7-13)27(23,24)21-14(2)17-12-15(20)8-11-18(17)25-26(22)19(3,4)5/h6-12,14,21H,1-5H3/q+1/t14-/m1/s1. The van der Waals surface area contributed by atoms with Crippen LogP contribution in [0.1, 0.15) is 44.9 Å². The quantitative estimate of drug-likeness (QED) is 0.607. The van der Waals surface area contributed by atoms with Crippen molar-refractivity contribution in [1.82, 2.24) is 4.72 Å². The SMILES string of the molecule is Cc1ccc(S(=O)(=O)N[C@H](C)c2cc(Cl)ccc2O[P+](=O)C(C)(C)C)cc1. The van der Waals surface area contributed by atoms with E-state index in [0.29, 0.717) is 16.3 Å². The third-order valence-corrected chi connectivity index (χ3v) is 7.08. The topological polar surface area (TPSA) is 72.5 Å². The van der Waals surface area contributed by atoms with E-state index >= 15 is 0 Å². The van der Waals surface area contributed by atoms with Crippen LogP contribution in [-0.2, 0) is 14.6 Å². The molecule has 8 heteroatoms. The lowest BCUT2D eigenvalue weighted by Gasteiger charge is -2.17. The fourth-order valence-electron chi connectivity index (χ4n) is 2.25. The monoisotopic (exact) mass is 428 g/mol. The lowest BCUT2D eigenvalue weighted by Crippen LogP contribution is -2.27. The summed E-state index contributed by atoms with van der Waals surface area (Å²) in [5.74, 6) is 0.342. The summed E-state index contributed by atoms with van der Waals surface area (Å²) in [5, 5.41) is -0.110. The maximum atomic E-state index is 12.7. The minimum Gasteiger partial charge on any atom is -0.254 e. The van der Waals surface area contributed by atoms with E-state index in [-0.39, 0.29) is 4.90 Å². The summed E-state index contributed by atoms with van der Waals surface area (Å²) in [7, 11) is -5.73. The van der Waals surface area contributed by atoms with Gasteiger partial charge in [-0.2, -0.15) is 0 Å². The molecule has 0 aliphatic carbocycles. The van der Waals surface area contributed by atoms with Crippen LogP contribution in [0.3, 0.4) is 0 Å². The first kappa shape index (κ1) is 21.8. The number of hydrogen-bond acceptors (Lipinski definition) is 4. The highest BCUT2D eigenvalue weighted by Crippen LogP contribution is 2.42. The number of rotatable bonds is 6. The first-order chi connectivity index (χ1) is 12.4. The molecule has 146 valence electrons. The molecule has 2 aromatic rings. The van der Waals surface area contributed by atoms with Gasteiger partial charge < -0.3 is 0 Å². The van der Waals surface area contributed by atoms with E-state index in [0.717, 1.165) is 5.56 Å². The molecule has 2 aromatic carbocycles. The van der Waals surface area contributed by atoms with Gasteiger partial charge >= 0.3 is 8.03 Å². The molecule has 5 nitrogen and oxygen atoms in total. The second-order valence-corrected chi connectivity index (χ2v) is 11.5. The zero-order valence-electron chi connectivity index (χ0n) is 16.0. The summed E-state index contributed by atoms with van der Waals surface area (Å²) in [5.41, 5.74) is 1.49. The van der Waals surface area contributed by atoms with Crippen LogP contribution in [0.5, 0.6) is 5.75 Å². The van der Waals surface area contributed by atoms with Crippen LogP contribution < -0.4 is 9.25 Å². The van der Waals surface area contributed by atoms with E-state index < -0.39 is 29.2 Å². The average molecular weight is 429 g/mol. The molecule has 0 saturated carbocycles. The molecule has 0 saturated heterocycles. The lowest BCUT2D eigenvalue weighted by atomic mass is 10.1. The Labute approximate surface area is 167 Å². The third-order valence-electron chi connectivity index (χ3n) is 3.83. The molecule has 0 fully saturated rings. The molecular weight excluding hydrogens is 405 g/mol. The maximum Gasteiger partial charge on any atom is 0.561 e. The van der Waals surface area contributed by atoms with Crippen molar-refractivity contribution < 1.29 is 17.5 Å². The smallest absolute Gasteiger partial charge is 0.254 e. The van der Waals surface area contributed by atoms with E-state index in [1.807, 2.05) is 27.7 Å². The van der Waals surface area contributed by atoms with Crippen LogP contribution in [0.2, 0.25) is 5.02 Å². The second kappa shape index (κ2) is 8.27. The number of nitrogens with one attached hydrogen (secondary N) is 1. The Bertz CT molecular complexity index is 937. The molecule has 0 aliphatic heterocycles. The van der Waals surface area contributed by atoms with Crippen molar-refractivity contribution in [1.29, 1.82) is 0 Å². The minimum atomic E-state index is -3.73. The highest BCUT2D eigenvalue weighted by molar-refractivity contribution is 7.89.